The molecular weight excluding hydrogens is 525 g/mol. The number of methoxy groups -OCH3 is 1. The van der Waals surface area contributed by atoms with Crippen LogP contribution in [-0.2, 0) is 17.5 Å². The van der Waals surface area contributed by atoms with E-state index in [2.05, 4.69) is 27.2 Å². The van der Waals surface area contributed by atoms with Gasteiger partial charge in [0.25, 0.3) is 0 Å². The molecule has 40 heavy (non-hydrogen) atoms. The topological polar surface area (TPSA) is 99.7 Å². The van der Waals surface area contributed by atoms with Gasteiger partial charge in [0.15, 0.2) is 0 Å². The average Bonchev–Trinajstić information content (AvgIpc) is 2.90. The van der Waals surface area contributed by atoms with Crippen molar-refractivity contribution in [1.29, 1.82) is 0 Å². The molecule has 1 aromatic heterocycles. The normalized spacial score (nSPS) is 23.2. The molecule has 1 unspecified atom stereocenters. The number of fused-ring (bicyclic) bond motifs is 1. The van der Waals surface area contributed by atoms with Crippen LogP contribution in [0.15, 0.2) is 37.1 Å². The molecule has 1 aromatic carbocycles. The number of carbonyl (C=O) groups is 2. The lowest BCUT2D eigenvalue weighted by molar-refractivity contribution is -0.137. The summed E-state index contributed by atoms with van der Waals surface area (Å²) in [5.74, 6) is 1.71. The second-order valence-electron chi connectivity index (χ2n) is 10.7. The molecule has 0 spiro atoms. The van der Waals surface area contributed by atoms with Crippen molar-refractivity contribution in [2.75, 3.05) is 29.3 Å². The minimum Gasteiger partial charge on any atom is -0.497 e. The van der Waals surface area contributed by atoms with Crippen molar-refractivity contribution in [1.82, 2.24) is 15.3 Å². The SMILES string of the molecule is C=CC(=O)N[C@H]1CCC(C2CCC2)C[C@H]1Nc1ncc2c(n1)N(C)C(=O)N(c1cc(OC)cc(C(F)(F)F)c1)C2. The van der Waals surface area contributed by atoms with Gasteiger partial charge in [0, 0.05) is 37.0 Å². The molecule has 1 aliphatic heterocycles. The highest BCUT2D eigenvalue weighted by Gasteiger charge is 2.38. The molecule has 3 amide bonds. The zero-order valence-electron chi connectivity index (χ0n) is 22.5. The molecule has 12 heteroatoms. The van der Waals surface area contributed by atoms with Crippen LogP contribution in [0.3, 0.4) is 0 Å². The Morgan fingerprint density at radius 2 is 1.93 bits per heavy atom. The second-order valence-corrected chi connectivity index (χ2v) is 10.7. The summed E-state index contributed by atoms with van der Waals surface area (Å²) in [6, 6.07) is 2.46. The third-order valence-corrected chi connectivity index (χ3v) is 8.31. The molecule has 0 radical (unpaired) electrons. The number of nitrogens with zero attached hydrogens (tertiary/aromatic N) is 4. The molecule has 2 saturated carbocycles. The van der Waals surface area contributed by atoms with E-state index in [1.54, 1.807) is 6.20 Å². The van der Waals surface area contributed by atoms with Gasteiger partial charge in [0.1, 0.15) is 11.6 Å². The minimum absolute atomic E-state index is 0.00550. The Labute approximate surface area is 230 Å². The highest BCUT2D eigenvalue weighted by molar-refractivity contribution is 6.05. The van der Waals surface area contributed by atoms with E-state index in [9.17, 15) is 22.8 Å². The first-order valence-electron chi connectivity index (χ1n) is 13.4. The Hall–Kier alpha value is -3.83. The third-order valence-electron chi connectivity index (χ3n) is 8.31. The first kappa shape index (κ1) is 27.7. The summed E-state index contributed by atoms with van der Waals surface area (Å²) < 4.78 is 45.5. The minimum atomic E-state index is -4.60. The number of hydrogen-bond acceptors (Lipinski definition) is 6. The largest absolute Gasteiger partial charge is 0.497 e. The van der Waals surface area contributed by atoms with Gasteiger partial charge in [-0.15, -0.1) is 0 Å². The third kappa shape index (κ3) is 5.57. The number of benzene rings is 1. The molecule has 0 bridgehead atoms. The number of ether oxygens (including phenoxy) is 1. The van der Waals surface area contributed by atoms with Crippen LogP contribution < -0.4 is 25.2 Å². The molecule has 9 nitrogen and oxygen atoms in total. The lowest BCUT2D eigenvalue weighted by Gasteiger charge is -2.43. The molecule has 3 aliphatic rings. The van der Waals surface area contributed by atoms with Crippen LogP contribution in [-0.4, -0.2) is 48.1 Å². The first-order chi connectivity index (χ1) is 19.1. The number of amides is 3. The summed E-state index contributed by atoms with van der Waals surface area (Å²) in [4.78, 5) is 37.0. The van der Waals surface area contributed by atoms with Gasteiger partial charge in [-0.1, -0.05) is 25.8 Å². The Bertz CT molecular complexity index is 1300. The maximum absolute atomic E-state index is 13.5. The molecule has 2 aliphatic carbocycles. The fourth-order valence-electron chi connectivity index (χ4n) is 5.88. The van der Waals surface area contributed by atoms with Crippen LogP contribution in [0.5, 0.6) is 5.75 Å². The number of hydrogen-bond donors (Lipinski definition) is 2. The number of aromatic nitrogens is 2. The van der Waals surface area contributed by atoms with E-state index >= 15 is 0 Å². The maximum Gasteiger partial charge on any atom is 0.416 e. The van der Waals surface area contributed by atoms with E-state index in [4.69, 9.17) is 4.74 Å². The molecular formula is C28H33F3N6O3. The molecule has 2 fully saturated rings. The second kappa shape index (κ2) is 11.0. The molecule has 0 saturated heterocycles. The standard InChI is InChI=1S/C28H33F3N6O3/c1-4-24(38)33-22-9-8-17(16-6-5-7-16)10-23(22)34-26-32-14-18-15-37(27(39)36(2)25(18)35-26)20-11-19(28(29,30)31)12-21(13-20)40-3/h4,11-14,16-17,22-23H,1,5-10,15H2,2-3H3,(H,33,38)(H,32,34,35)/t17?,22-,23+/m0/s1. The summed E-state index contributed by atoms with van der Waals surface area (Å²) >= 11 is 0. The Kier molecular flexibility index (Phi) is 7.61. The van der Waals surface area contributed by atoms with Crippen molar-refractivity contribution < 1.29 is 27.5 Å². The van der Waals surface area contributed by atoms with Crippen LogP contribution in [0.2, 0.25) is 0 Å². The van der Waals surface area contributed by atoms with Crippen molar-refractivity contribution in [3.63, 3.8) is 0 Å². The van der Waals surface area contributed by atoms with E-state index in [0.717, 1.165) is 31.4 Å². The van der Waals surface area contributed by atoms with Crippen LogP contribution in [0.25, 0.3) is 0 Å². The number of anilines is 3. The smallest absolute Gasteiger partial charge is 0.416 e. The van der Waals surface area contributed by atoms with Crippen LogP contribution in [0.1, 0.15) is 49.7 Å². The lowest BCUT2D eigenvalue weighted by Crippen LogP contribution is -2.51. The van der Waals surface area contributed by atoms with Crippen molar-refractivity contribution in [2.24, 2.45) is 11.8 Å². The van der Waals surface area contributed by atoms with Crippen LogP contribution >= 0.6 is 0 Å². The molecule has 5 rings (SSSR count). The van der Waals surface area contributed by atoms with Gasteiger partial charge in [-0.2, -0.15) is 18.2 Å². The summed E-state index contributed by atoms with van der Waals surface area (Å²) in [5, 5.41) is 6.42. The van der Waals surface area contributed by atoms with Crippen LogP contribution in [0, 0.1) is 11.8 Å². The van der Waals surface area contributed by atoms with Crippen molar-refractivity contribution in [3.8, 4) is 5.75 Å². The van der Waals surface area contributed by atoms with Crippen LogP contribution in [0.4, 0.5) is 35.4 Å². The highest BCUT2D eigenvalue weighted by atomic mass is 19.4. The zero-order chi connectivity index (χ0) is 28.6. The monoisotopic (exact) mass is 558 g/mol. The van der Waals surface area contributed by atoms with Crippen molar-refractivity contribution in [3.05, 3.63) is 48.2 Å². The van der Waals surface area contributed by atoms with E-state index in [-0.39, 0.29) is 36.0 Å². The Balaban J connectivity index is 1.38. The zero-order valence-corrected chi connectivity index (χ0v) is 22.5. The van der Waals surface area contributed by atoms with Gasteiger partial charge in [-0.05, 0) is 49.3 Å². The summed E-state index contributed by atoms with van der Waals surface area (Å²) in [7, 11) is 2.80. The predicted molar refractivity (Wildman–Crippen MR) is 144 cm³/mol. The molecule has 2 aromatic rings. The number of rotatable bonds is 7. The Morgan fingerprint density at radius 1 is 1.15 bits per heavy atom. The molecule has 2 heterocycles. The highest BCUT2D eigenvalue weighted by Crippen LogP contribution is 2.42. The molecule has 3 atom stereocenters. The van der Waals surface area contributed by atoms with Gasteiger partial charge in [0.2, 0.25) is 11.9 Å². The van der Waals surface area contributed by atoms with Gasteiger partial charge in [0.05, 0.1) is 24.9 Å². The lowest BCUT2D eigenvalue weighted by atomic mass is 9.68. The summed E-state index contributed by atoms with van der Waals surface area (Å²) in [5.41, 5.74) is -0.275. The van der Waals surface area contributed by atoms with Gasteiger partial charge < -0.3 is 15.4 Å². The van der Waals surface area contributed by atoms with E-state index in [0.29, 0.717) is 29.2 Å². The quantitative estimate of drug-likeness (QED) is 0.457. The number of halogens is 3. The number of alkyl halides is 3. The number of carbonyl (C=O) groups excluding carboxylic acids is 2. The van der Waals surface area contributed by atoms with Crippen molar-refractivity contribution >= 4 is 29.4 Å². The van der Waals surface area contributed by atoms with Gasteiger partial charge >= 0.3 is 12.2 Å². The van der Waals surface area contributed by atoms with E-state index in [1.165, 1.54) is 55.4 Å². The Morgan fingerprint density at radius 3 is 2.58 bits per heavy atom. The van der Waals surface area contributed by atoms with E-state index < -0.39 is 17.8 Å². The van der Waals surface area contributed by atoms with Gasteiger partial charge in [-0.3, -0.25) is 14.6 Å². The number of urea groups is 1. The van der Waals surface area contributed by atoms with E-state index in [1.807, 2.05) is 0 Å². The fourth-order valence-corrected chi connectivity index (χ4v) is 5.88. The molecule has 2 N–H and O–H groups in total. The van der Waals surface area contributed by atoms with Gasteiger partial charge in [-0.25, -0.2) is 9.78 Å². The molecule has 214 valence electrons. The predicted octanol–water partition coefficient (Wildman–Crippen LogP) is 5.13. The maximum atomic E-state index is 13.5. The summed E-state index contributed by atoms with van der Waals surface area (Å²) in [6.07, 6.45) is 4.71. The summed E-state index contributed by atoms with van der Waals surface area (Å²) in [6.45, 7) is 3.55. The fraction of sp³-hybridized carbons (Fsp3) is 0.500. The average molecular weight is 559 g/mol. The number of nitrogens with one attached hydrogen (secondary N) is 2. The van der Waals surface area contributed by atoms with Crippen molar-refractivity contribution in [2.45, 2.75) is 63.3 Å². The first-order valence-corrected chi connectivity index (χ1v) is 13.4.